The first-order valence-electron chi connectivity index (χ1n) is 6.43. The van der Waals surface area contributed by atoms with Gasteiger partial charge in [0, 0.05) is 23.1 Å². The molecule has 3 nitrogen and oxygen atoms in total. The van der Waals surface area contributed by atoms with E-state index in [4.69, 9.17) is 9.47 Å². The largest absolute Gasteiger partial charge is 0.490 e. The number of hydrogen-bond donors (Lipinski definition) is 0. The average molecular weight is 272 g/mol. The fourth-order valence-corrected chi connectivity index (χ4v) is 2.24. The van der Waals surface area contributed by atoms with E-state index in [9.17, 15) is 9.18 Å². The van der Waals surface area contributed by atoms with E-state index in [-0.39, 0.29) is 5.82 Å². The zero-order valence-electron chi connectivity index (χ0n) is 10.8. The summed E-state index contributed by atoms with van der Waals surface area (Å²) in [6.45, 7) is 1.03. The summed E-state index contributed by atoms with van der Waals surface area (Å²) < 4.78 is 25.3. The van der Waals surface area contributed by atoms with E-state index < -0.39 is 0 Å². The summed E-state index contributed by atoms with van der Waals surface area (Å²) in [5.41, 5.74) is 1.38. The van der Waals surface area contributed by atoms with Gasteiger partial charge >= 0.3 is 0 Å². The molecule has 0 saturated carbocycles. The molecule has 0 aromatic heterocycles. The molecular weight excluding hydrogens is 259 g/mol. The Bertz CT molecular complexity index is 652. The number of ether oxygens (including phenoxy) is 2. The van der Waals surface area contributed by atoms with Crippen LogP contribution in [0.5, 0.6) is 11.5 Å². The van der Waals surface area contributed by atoms with Crippen molar-refractivity contribution < 1.29 is 18.7 Å². The fourth-order valence-electron chi connectivity index (χ4n) is 2.24. The summed E-state index contributed by atoms with van der Waals surface area (Å²) in [7, 11) is 0. The van der Waals surface area contributed by atoms with Gasteiger partial charge in [0.05, 0.1) is 13.2 Å². The molecule has 20 heavy (non-hydrogen) atoms. The van der Waals surface area contributed by atoms with Gasteiger partial charge in [-0.1, -0.05) is 18.2 Å². The van der Waals surface area contributed by atoms with E-state index in [0.29, 0.717) is 41.4 Å². The summed E-state index contributed by atoms with van der Waals surface area (Å²) in [6, 6.07) is 9.66. The molecule has 0 radical (unpaired) electrons. The quantitative estimate of drug-likeness (QED) is 0.785. The Balaban J connectivity index is 2.23. The Labute approximate surface area is 115 Å². The van der Waals surface area contributed by atoms with Gasteiger partial charge in [-0.05, 0) is 18.2 Å². The third-order valence-corrected chi connectivity index (χ3v) is 3.17. The van der Waals surface area contributed by atoms with Crippen molar-refractivity contribution in [3.8, 4) is 22.6 Å². The van der Waals surface area contributed by atoms with Crippen molar-refractivity contribution in [2.45, 2.75) is 6.42 Å². The van der Waals surface area contributed by atoms with Crippen molar-refractivity contribution in [1.82, 2.24) is 0 Å². The molecule has 1 aliphatic heterocycles. The lowest BCUT2D eigenvalue weighted by Crippen LogP contribution is -1.98. The molecule has 3 rings (SSSR count). The third-order valence-electron chi connectivity index (χ3n) is 3.17. The number of aldehydes is 1. The monoisotopic (exact) mass is 272 g/mol. The van der Waals surface area contributed by atoms with Crippen LogP contribution >= 0.6 is 0 Å². The maximum Gasteiger partial charge on any atom is 0.169 e. The summed E-state index contributed by atoms with van der Waals surface area (Å²) in [5.74, 6) is 0.633. The first-order valence-corrected chi connectivity index (χ1v) is 6.43. The van der Waals surface area contributed by atoms with Crippen molar-refractivity contribution in [2.24, 2.45) is 0 Å². The van der Waals surface area contributed by atoms with Crippen LogP contribution < -0.4 is 9.47 Å². The number of fused-ring (bicyclic) bond motifs is 1. The Hall–Kier alpha value is -2.36. The highest BCUT2D eigenvalue weighted by molar-refractivity contribution is 5.84. The number of rotatable bonds is 2. The molecule has 0 N–H and O–H groups in total. The highest BCUT2D eigenvalue weighted by Gasteiger charge is 2.19. The smallest absolute Gasteiger partial charge is 0.169 e. The second-order valence-corrected chi connectivity index (χ2v) is 4.54. The van der Waals surface area contributed by atoms with Crippen LogP contribution in [-0.2, 0) is 0 Å². The van der Waals surface area contributed by atoms with E-state index in [1.54, 1.807) is 30.3 Å². The number of benzene rings is 2. The standard InChI is InChI=1S/C16H13FO3/c17-14-5-2-1-4-12(14)13-8-11(10-18)9-15-16(13)20-7-3-6-19-15/h1-2,4-5,8-10H,3,6-7H2. The topological polar surface area (TPSA) is 35.5 Å². The van der Waals surface area contributed by atoms with Crippen LogP contribution in [0.2, 0.25) is 0 Å². The molecule has 0 amide bonds. The van der Waals surface area contributed by atoms with E-state index in [1.807, 2.05) is 0 Å². The highest BCUT2D eigenvalue weighted by atomic mass is 19.1. The lowest BCUT2D eigenvalue weighted by molar-refractivity contribution is 0.112. The van der Waals surface area contributed by atoms with Gasteiger partial charge in [0.25, 0.3) is 0 Å². The second-order valence-electron chi connectivity index (χ2n) is 4.54. The first kappa shape index (κ1) is 12.7. The third kappa shape index (κ3) is 2.25. The maximum absolute atomic E-state index is 14.0. The van der Waals surface area contributed by atoms with E-state index >= 15 is 0 Å². The Morgan fingerprint density at radius 1 is 1.05 bits per heavy atom. The van der Waals surface area contributed by atoms with Crippen molar-refractivity contribution in [2.75, 3.05) is 13.2 Å². The molecule has 1 aliphatic rings. The van der Waals surface area contributed by atoms with E-state index in [0.717, 1.165) is 12.7 Å². The molecule has 0 unspecified atom stereocenters. The van der Waals surface area contributed by atoms with Gasteiger partial charge in [-0.3, -0.25) is 4.79 Å². The van der Waals surface area contributed by atoms with Crippen LogP contribution in [0.15, 0.2) is 36.4 Å². The molecule has 2 aromatic carbocycles. The van der Waals surface area contributed by atoms with Crippen molar-refractivity contribution in [1.29, 1.82) is 0 Å². The zero-order chi connectivity index (χ0) is 13.9. The lowest BCUT2D eigenvalue weighted by atomic mass is 10.0. The second kappa shape index (κ2) is 5.33. The number of halogens is 1. The predicted molar refractivity (Wildman–Crippen MR) is 72.8 cm³/mol. The Kier molecular flexibility index (Phi) is 3.37. The summed E-state index contributed by atoms with van der Waals surface area (Å²) in [4.78, 5) is 11.1. The van der Waals surface area contributed by atoms with Gasteiger partial charge in [0.1, 0.15) is 12.1 Å². The van der Waals surface area contributed by atoms with Crippen LogP contribution in [0, 0.1) is 5.82 Å². The molecule has 2 aromatic rings. The van der Waals surface area contributed by atoms with Crippen LogP contribution in [0.1, 0.15) is 16.8 Å². The first-order chi connectivity index (χ1) is 9.79. The van der Waals surface area contributed by atoms with Crippen LogP contribution in [-0.4, -0.2) is 19.5 Å². The number of carbonyl (C=O) groups excluding carboxylic acids is 1. The SMILES string of the molecule is O=Cc1cc2c(c(-c3ccccc3F)c1)OCCCO2. The minimum absolute atomic E-state index is 0.356. The van der Waals surface area contributed by atoms with Gasteiger partial charge in [-0.15, -0.1) is 0 Å². The summed E-state index contributed by atoms with van der Waals surface area (Å²) in [6.07, 6.45) is 1.47. The van der Waals surface area contributed by atoms with Crippen molar-refractivity contribution >= 4 is 6.29 Å². The van der Waals surface area contributed by atoms with Crippen molar-refractivity contribution in [3.63, 3.8) is 0 Å². The predicted octanol–water partition coefficient (Wildman–Crippen LogP) is 3.47. The molecule has 0 saturated heterocycles. The number of hydrogen-bond acceptors (Lipinski definition) is 3. The van der Waals surface area contributed by atoms with Crippen LogP contribution in [0.4, 0.5) is 4.39 Å². The minimum Gasteiger partial charge on any atom is -0.490 e. The van der Waals surface area contributed by atoms with E-state index in [2.05, 4.69) is 0 Å². The Morgan fingerprint density at radius 3 is 2.65 bits per heavy atom. The average Bonchev–Trinajstić information content (AvgIpc) is 2.72. The van der Waals surface area contributed by atoms with Crippen molar-refractivity contribution in [3.05, 3.63) is 47.8 Å². The summed E-state index contributed by atoms with van der Waals surface area (Å²) >= 11 is 0. The van der Waals surface area contributed by atoms with Gasteiger partial charge in [0.2, 0.25) is 0 Å². The van der Waals surface area contributed by atoms with Gasteiger partial charge in [-0.2, -0.15) is 0 Å². The molecule has 0 atom stereocenters. The van der Waals surface area contributed by atoms with Gasteiger partial charge in [-0.25, -0.2) is 4.39 Å². The molecular formula is C16H13FO3. The van der Waals surface area contributed by atoms with Crippen LogP contribution in [0.25, 0.3) is 11.1 Å². The molecule has 0 bridgehead atoms. The van der Waals surface area contributed by atoms with Gasteiger partial charge in [0.15, 0.2) is 11.5 Å². The molecule has 0 spiro atoms. The van der Waals surface area contributed by atoms with E-state index in [1.165, 1.54) is 6.07 Å². The minimum atomic E-state index is -0.356. The Morgan fingerprint density at radius 2 is 1.85 bits per heavy atom. The summed E-state index contributed by atoms with van der Waals surface area (Å²) in [5, 5.41) is 0. The molecule has 1 heterocycles. The molecule has 102 valence electrons. The van der Waals surface area contributed by atoms with Crippen LogP contribution in [0.3, 0.4) is 0 Å². The normalized spacial score (nSPS) is 13.7. The van der Waals surface area contributed by atoms with Gasteiger partial charge < -0.3 is 9.47 Å². The highest BCUT2D eigenvalue weighted by Crippen LogP contribution is 2.41. The lowest BCUT2D eigenvalue weighted by Gasteiger charge is -2.14. The number of carbonyl (C=O) groups is 1. The molecule has 4 heteroatoms. The molecule has 0 aliphatic carbocycles. The molecule has 0 fully saturated rings. The zero-order valence-corrected chi connectivity index (χ0v) is 10.8. The fraction of sp³-hybridized carbons (Fsp3) is 0.188. The maximum atomic E-state index is 14.0.